The summed E-state index contributed by atoms with van der Waals surface area (Å²) >= 11 is 0. The van der Waals surface area contributed by atoms with Gasteiger partial charge in [-0.15, -0.1) is 0 Å². The average Bonchev–Trinajstić information content (AvgIpc) is 2.51. The molecular formula is C19H30N2. The number of nitrogens with one attached hydrogen (secondary N) is 1. The van der Waals surface area contributed by atoms with Crippen LogP contribution < -0.4 is 5.32 Å². The molecule has 1 N–H and O–H groups in total. The molecule has 0 heterocycles. The quantitative estimate of drug-likeness (QED) is 0.771. The summed E-state index contributed by atoms with van der Waals surface area (Å²) in [5.74, 6) is 0.761. The fourth-order valence-electron chi connectivity index (χ4n) is 3.98. The third kappa shape index (κ3) is 3.87. The highest BCUT2D eigenvalue weighted by Gasteiger charge is 2.24. The Morgan fingerprint density at radius 1 is 1.14 bits per heavy atom. The molecule has 3 rings (SSSR count). The lowest BCUT2D eigenvalue weighted by atomic mass is 9.77. The first-order valence-electron chi connectivity index (χ1n) is 8.83. The zero-order valence-electron chi connectivity index (χ0n) is 13.5. The lowest BCUT2D eigenvalue weighted by molar-refractivity contribution is 0.189. The minimum Gasteiger partial charge on any atom is -0.316 e. The van der Waals surface area contributed by atoms with Crippen molar-refractivity contribution >= 4 is 0 Å². The molecule has 1 unspecified atom stereocenters. The van der Waals surface area contributed by atoms with E-state index in [0.717, 1.165) is 25.0 Å². The molecule has 0 aliphatic heterocycles. The normalized spacial score (nSPS) is 22.1. The Hall–Kier alpha value is -0.860. The molecule has 1 aromatic rings. The number of benzene rings is 1. The van der Waals surface area contributed by atoms with Crippen molar-refractivity contribution in [3.63, 3.8) is 0 Å². The lowest BCUT2D eigenvalue weighted by Crippen LogP contribution is -2.36. The molecule has 0 aromatic heterocycles. The van der Waals surface area contributed by atoms with Crippen molar-refractivity contribution in [2.45, 2.75) is 56.9 Å². The number of rotatable bonds is 7. The zero-order valence-corrected chi connectivity index (χ0v) is 13.5. The molecule has 1 atom stereocenters. The van der Waals surface area contributed by atoms with Gasteiger partial charge in [0.15, 0.2) is 0 Å². The van der Waals surface area contributed by atoms with E-state index < -0.39 is 0 Å². The van der Waals surface area contributed by atoms with Crippen LogP contribution in [0.4, 0.5) is 0 Å². The van der Waals surface area contributed by atoms with E-state index in [4.69, 9.17) is 0 Å². The Balaban J connectivity index is 1.27. The van der Waals surface area contributed by atoms with Crippen molar-refractivity contribution < 1.29 is 0 Å². The standard InChI is InChI=1S/C19H30N2/c1-21(18-9-3-2-4-10-18)13-7-12-20-15-17-14-16-8-5-6-11-19(16)17/h5-6,8,11,17-18,20H,2-4,7,9-10,12-15H2,1H3. The van der Waals surface area contributed by atoms with Crippen molar-refractivity contribution in [3.05, 3.63) is 35.4 Å². The van der Waals surface area contributed by atoms with Crippen LogP contribution in [-0.4, -0.2) is 37.6 Å². The van der Waals surface area contributed by atoms with E-state index in [1.807, 2.05) is 0 Å². The topological polar surface area (TPSA) is 15.3 Å². The summed E-state index contributed by atoms with van der Waals surface area (Å²) in [6.07, 6.45) is 9.72. The number of hydrogen-bond donors (Lipinski definition) is 1. The molecule has 21 heavy (non-hydrogen) atoms. The predicted octanol–water partition coefficient (Wildman–Crippen LogP) is 3.57. The fraction of sp³-hybridized carbons (Fsp3) is 0.684. The summed E-state index contributed by atoms with van der Waals surface area (Å²) in [4.78, 5) is 2.60. The summed E-state index contributed by atoms with van der Waals surface area (Å²) in [5, 5.41) is 3.66. The fourth-order valence-corrected chi connectivity index (χ4v) is 3.98. The second kappa shape index (κ2) is 7.42. The molecule has 0 amide bonds. The molecule has 2 aliphatic carbocycles. The maximum absolute atomic E-state index is 3.66. The van der Waals surface area contributed by atoms with E-state index in [1.165, 1.54) is 51.5 Å². The minimum atomic E-state index is 0.761. The lowest BCUT2D eigenvalue weighted by Gasteiger charge is -2.32. The summed E-state index contributed by atoms with van der Waals surface area (Å²) in [6.45, 7) is 3.57. The Morgan fingerprint density at radius 2 is 1.95 bits per heavy atom. The molecular weight excluding hydrogens is 256 g/mol. The van der Waals surface area contributed by atoms with Crippen molar-refractivity contribution in [2.75, 3.05) is 26.7 Å². The van der Waals surface area contributed by atoms with Gasteiger partial charge in [0.2, 0.25) is 0 Å². The van der Waals surface area contributed by atoms with Crippen molar-refractivity contribution in [1.82, 2.24) is 10.2 Å². The van der Waals surface area contributed by atoms with Gasteiger partial charge in [-0.25, -0.2) is 0 Å². The first kappa shape index (κ1) is 15.1. The van der Waals surface area contributed by atoms with Crippen LogP contribution >= 0.6 is 0 Å². The second-order valence-corrected chi connectivity index (χ2v) is 6.93. The Morgan fingerprint density at radius 3 is 2.76 bits per heavy atom. The molecule has 0 radical (unpaired) electrons. The molecule has 1 fully saturated rings. The van der Waals surface area contributed by atoms with Crippen LogP contribution in [0.25, 0.3) is 0 Å². The van der Waals surface area contributed by atoms with Gasteiger partial charge in [0.05, 0.1) is 0 Å². The van der Waals surface area contributed by atoms with Crippen LogP contribution in [0.1, 0.15) is 55.6 Å². The third-order valence-electron chi connectivity index (χ3n) is 5.41. The minimum absolute atomic E-state index is 0.761. The zero-order chi connectivity index (χ0) is 14.5. The Bertz CT molecular complexity index is 437. The Labute approximate surface area is 129 Å². The van der Waals surface area contributed by atoms with E-state index in [0.29, 0.717) is 0 Å². The Kier molecular flexibility index (Phi) is 5.32. The third-order valence-corrected chi connectivity index (χ3v) is 5.41. The monoisotopic (exact) mass is 286 g/mol. The molecule has 1 aromatic carbocycles. The van der Waals surface area contributed by atoms with E-state index in [-0.39, 0.29) is 0 Å². The van der Waals surface area contributed by atoms with Crippen LogP contribution in [0.5, 0.6) is 0 Å². The van der Waals surface area contributed by atoms with Crippen LogP contribution in [0.2, 0.25) is 0 Å². The SMILES string of the molecule is CN(CCCNCC1Cc2ccccc21)C1CCCCC1. The van der Waals surface area contributed by atoms with Crippen molar-refractivity contribution in [3.8, 4) is 0 Å². The van der Waals surface area contributed by atoms with Gasteiger partial charge in [0, 0.05) is 18.5 Å². The largest absolute Gasteiger partial charge is 0.316 e. The molecule has 116 valence electrons. The second-order valence-electron chi connectivity index (χ2n) is 6.93. The van der Waals surface area contributed by atoms with Gasteiger partial charge in [-0.2, -0.15) is 0 Å². The van der Waals surface area contributed by atoms with Gasteiger partial charge >= 0.3 is 0 Å². The van der Waals surface area contributed by atoms with Crippen LogP contribution in [0.3, 0.4) is 0 Å². The molecule has 0 saturated heterocycles. The smallest absolute Gasteiger partial charge is 0.00922 e. The summed E-state index contributed by atoms with van der Waals surface area (Å²) < 4.78 is 0. The van der Waals surface area contributed by atoms with Gasteiger partial charge in [-0.05, 0) is 56.9 Å². The van der Waals surface area contributed by atoms with Gasteiger partial charge in [-0.1, -0.05) is 43.5 Å². The predicted molar refractivity (Wildman–Crippen MR) is 89.9 cm³/mol. The van der Waals surface area contributed by atoms with Crippen molar-refractivity contribution in [1.29, 1.82) is 0 Å². The van der Waals surface area contributed by atoms with E-state index in [1.54, 1.807) is 11.1 Å². The highest BCUT2D eigenvalue weighted by Crippen LogP contribution is 2.33. The van der Waals surface area contributed by atoms with E-state index in [2.05, 4.69) is 41.5 Å². The molecule has 0 spiro atoms. The van der Waals surface area contributed by atoms with Crippen molar-refractivity contribution in [2.24, 2.45) is 0 Å². The van der Waals surface area contributed by atoms with Gasteiger partial charge < -0.3 is 10.2 Å². The highest BCUT2D eigenvalue weighted by atomic mass is 15.1. The molecule has 2 nitrogen and oxygen atoms in total. The maximum Gasteiger partial charge on any atom is 0.00922 e. The molecule has 2 aliphatic rings. The number of hydrogen-bond acceptors (Lipinski definition) is 2. The van der Waals surface area contributed by atoms with Gasteiger partial charge in [0.25, 0.3) is 0 Å². The van der Waals surface area contributed by atoms with Crippen LogP contribution in [-0.2, 0) is 6.42 Å². The van der Waals surface area contributed by atoms with E-state index >= 15 is 0 Å². The average molecular weight is 286 g/mol. The maximum atomic E-state index is 3.66. The summed E-state index contributed by atoms with van der Waals surface area (Å²) in [7, 11) is 2.32. The van der Waals surface area contributed by atoms with Crippen LogP contribution in [0, 0.1) is 0 Å². The number of fused-ring (bicyclic) bond motifs is 1. The first-order valence-corrected chi connectivity index (χ1v) is 8.83. The number of nitrogens with zero attached hydrogens (tertiary/aromatic N) is 1. The van der Waals surface area contributed by atoms with E-state index in [9.17, 15) is 0 Å². The molecule has 2 heteroatoms. The van der Waals surface area contributed by atoms with Crippen LogP contribution in [0.15, 0.2) is 24.3 Å². The summed E-state index contributed by atoms with van der Waals surface area (Å²) in [5.41, 5.74) is 3.13. The molecule has 1 saturated carbocycles. The van der Waals surface area contributed by atoms with Gasteiger partial charge in [0.1, 0.15) is 0 Å². The first-order chi connectivity index (χ1) is 10.3. The van der Waals surface area contributed by atoms with Gasteiger partial charge in [-0.3, -0.25) is 0 Å². The molecule has 0 bridgehead atoms. The summed E-state index contributed by atoms with van der Waals surface area (Å²) in [6, 6.07) is 9.75. The highest BCUT2D eigenvalue weighted by molar-refractivity contribution is 5.40.